The van der Waals surface area contributed by atoms with Crippen molar-refractivity contribution in [1.29, 1.82) is 0 Å². The molecule has 1 saturated heterocycles. The number of nitrogens with one attached hydrogen (secondary N) is 1. The molecular formula is C23H23ClFN5O3. The molecule has 172 valence electrons. The molecule has 1 aliphatic rings. The molecule has 8 nitrogen and oxygen atoms in total. The van der Waals surface area contributed by atoms with Gasteiger partial charge in [0.1, 0.15) is 17.2 Å². The highest BCUT2D eigenvalue weighted by Crippen LogP contribution is 2.39. The summed E-state index contributed by atoms with van der Waals surface area (Å²) < 4.78 is 21.8. The molecule has 0 unspecified atom stereocenters. The minimum absolute atomic E-state index is 0.124. The van der Waals surface area contributed by atoms with Crippen molar-refractivity contribution in [3.05, 3.63) is 54.0 Å². The first-order valence-electron chi connectivity index (χ1n) is 10.3. The maximum atomic E-state index is 14.7. The smallest absolute Gasteiger partial charge is 0.246 e. The molecule has 1 aromatic carbocycles. The molecule has 4 rings (SSSR count). The Balaban J connectivity index is 1.81. The summed E-state index contributed by atoms with van der Waals surface area (Å²) in [6.07, 6.45) is 2.94. The molecular weight excluding hydrogens is 449 g/mol. The van der Waals surface area contributed by atoms with Gasteiger partial charge in [-0.1, -0.05) is 24.2 Å². The number of carbonyl (C=O) groups is 2. The Bertz CT molecular complexity index is 1250. The second-order valence-corrected chi connectivity index (χ2v) is 7.97. The van der Waals surface area contributed by atoms with Crippen LogP contribution in [0.5, 0.6) is 5.75 Å². The van der Waals surface area contributed by atoms with Crippen molar-refractivity contribution in [2.75, 3.05) is 43.5 Å². The van der Waals surface area contributed by atoms with E-state index in [0.717, 1.165) is 0 Å². The van der Waals surface area contributed by atoms with E-state index in [0.29, 0.717) is 59.8 Å². The Morgan fingerprint density at radius 1 is 1.27 bits per heavy atom. The predicted octanol–water partition coefficient (Wildman–Crippen LogP) is 3.60. The average molecular weight is 472 g/mol. The maximum absolute atomic E-state index is 14.7. The van der Waals surface area contributed by atoms with Crippen LogP contribution >= 0.6 is 11.6 Å². The van der Waals surface area contributed by atoms with Gasteiger partial charge in [-0.2, -0.15) is 0 Å². The number of carbonyl (C=O) groups excluding carboxylic acids is 2. The van der Waals surface area contributed by atoms with Gasteiger partial charge in [-0.05, 0) is 24.3 Å². The number of pyridine rings is 1. The second kappa shape index (κ2) is 9.11. The molecule has 3 aromatic rings. The van der Waals surface area contributed by atoms with E-state index in [-0.39, 0.29) is 17.4 Å². The molecule has 0 bridgehead atoms. The van der Waals surface area contributed by atoms with Gasteiger partial charge in [0.15, 0.2) is 11.6 Å². The first-order valence-corrected chi connectivity index (χ1v) is 10.7. The van der Waals surface area contributed by atoms with Gasteiger partial charge >= 0.3 is 0 Å². The summed E-state index contributed by atoms with van der Waals surface area (Å²) in [7, 11) is 1.46. The van der Waals surface area contributed by atoms with E-state index in [1.54, 1.807) is 33.7 Å². The number of hydrogen-bond donors (Lipinski definition) is 1. The van der Waals surface area contributed by atoms with Crippen molar-refractivity contribution in [2.45, 2.75) is 6.92 Å². The maximum Gasteiger partial charge on any atom is 0.246 e. The molecule has 0 radical (unpaired) electrons. The summed E-state index contributed by atoms with van der Waals surface area (Å²) in [6, 6.07) is 6.21. The number of halogens is 2. The van der Waals surface area contributed by atoms with Crippen molar-refractivity contribution < 1.29 is 18.7 Å². The fraction of sp³-hybridized carbons (Fsp3) is 0.261. The van der Waals surface area contributed by atoms with Crippen molar-refractivity contribution in [2.24, 2.45) is 0 Å². The number of aromatic nitrogens is 2. The quantitative estimate of drug-likeness (QED) is 0.575. The number of imidazole rings is 1. The van der Waals surface area contributed by atoms with Gasteiger partial charge < -0.3 is 19.9 Å². The molecule has 2 aromatic heterocycles. The first kappa shape index (κ1) is 22.6. The van der Waals surface area contributed by atoms with E-state index in [4.69, 9.17) is 16.3 Å². The molecule has 1 aliphatic heterocycles. The van der Waals surface area contributed by atoms with Gasteiger partial charge in [0.2, 0.25) is 11.8 Å². The van der Waals surface area contributed by atoms with Gasteiger partial charge in [0, 0.05) is 44.9 Å². The lowest BCUT2D eigenvalue weighted by molar-refractivity contribution is -0.126. The Hall–Kier alpha value is -3.59. The number of methoxy groups -OCH3 is 1. The third-order valence-corrected chi connectivity index (χ3v) is 5.81. The van der Waals surface area contributed by atoms with Crippen LogP contribution in [0.2, 0.25) is 5.02 Å². The summed E-state index contributed by atoms with van der Waals surface area (Å²) in [5.74, 6) is 0.471. The fourth-order valence-corrected chi connectivity index (χ4v) is 4.25. The summed E-state index contributed by atoms with van der Waals surface area (Å²) in [5, 5.41) is 3.06. The number of amides is 2. The summed E-state index contributed by atoms with van der Waals surface area (Å²) in [5.41, 5.74) is 1.13. The number of nitrogens with zero attached hydrogens (tertiary/aromatic N) is 4. The van der Waals surface area contributed by atoms with Crippen LogP contribution in [0.25, 0.3) is 16.8 Å². The third kappa shape index (κ3) is 4.23. The fourth-order valence-electron chi connectivity index (χ4n) is 4.00. The van der Waals surface area contributed by atoms with Gasteiger partial charge in [-0.25, -0.2) is 9.37 Å². The van der Waals surface area contributed by atoms with E-state index < -0.39 is 5.82 Å². The number of fused-ring (bicyclic) bond motifs is 1. The zero-order valence-electron chi connectivity index (χ0n) is 18.3. The molecule has 1 fully saturated rings. The standard InChI is InChI=1S/C23H23ClFN5O3/c1-4-20(32)28-8-10-29(11-9-28)23-22(26-14(2)31)27-19-12-15(16(24)13-30(19)23)21-17(25)6-5-7-18(21)33-3/h4-7,12-13H,1,8-11H2,2-3H3,(H,26,31). The largest absolute Gasteiger partial charge is 0.496 e. The number of ether oxygens (including phenoxy) is 1. The lowest BCUT2D eigenvalue weighted by Gasteiger charge is -2.35. The first-order chi connectivity index (χ1) is 15.8. The highest BCUT2D eigenvalue weighted by Gasteiger charge is 2.26. The number of hydrogen-bond acceptors (Lipinski definition) is 5. The second-order valence-electron chi connectivity index (χ2n) is 7.56. The van der Waals surface area contributed by atoms with E-state index in [2.05, 4.69) is 16.9 Å². The third-order valence-electron chi connectivity index (χ3n) is 5.51. The summed E-state index contributed by atoms with van der Waals surface area (Å²) >= 11 is 6.61. The molecule has 0 aliphatic carbocycles. The van der Waals surface area contributed by atoms with Crippen LogP contribution in [-0.2, 0) is 9.59 Å². The number of anilines is 2. The van der Waals surface area contributed by atoms with Gasteiger partial charge in [-0.3, -0.25) is 14.0 Å². The minimum Gasteiger partial charge on any atom is -0.496 e. The topological polar surface area (TPSA) is 79.2 Å². The van der Waals surface area contributed by atoms with Crippen LogP contribution in [0.1, 0.15) is 6.92 Å². The molecule has 3 heterocycles. The zero-order valence-corrected chi connectivity index (χ0v) is 19.0. The van der Waals surface area contributed by atoms with Crippen molar-refractivity contribution in [3.63, 3.8) is 0 Å². The van der Waals surface area contributed by atoms with E-state index in [1.807, 2.05) is 4.90 Å². The Kier molecular flexibility index (Phi) is 6.24. The van der Waals surface area contributed by atoms with Gasteiger partial charge in [-0.15, -0.1) is 0 Å². The Morgan fingerprint density at radius 3 is 2.64 bits per heavy atom. The van der Waals surface area contributed by atoms with Gasteiger partial charge in [0.25, 0.3) is 0 Å². The average Bonchev–Trinajstić information content (AvgIpc) is 3.13. The van der Waals surface area contributed by atoms with Crippen LogP contribution in [0.4, 0.5) is 16.0 Å². The monoisotopic (exact) mass is 471 g/mol. The van der Waals surface area contributed by atoms with Crippen molar-refractivity contribution in [1.82, 2.24) is 14.3 Å². The summed E-state index contributed by atoms with van der Waals surface area (Å²) in [4.78, 5) is 32.1. The molecule has 1 N–H and O–H groups in total. The molecule has 2 amide bonds. The van der Waals surface area contributed by atoms with Crippen molar-refractivity contribution >= 4 is 40.7 Å². The number of piperazine rings is 1. The SMILES string of the molecule is C=CC(=O)N1CCN(c2c(NC(C)=O)nc3cc(-c4c(F)cccc4OC)c(Cl)cn23)CC1. The number of benzene rings is 1. The molecule has 0 spiro atoms. The van der Waals surface area contributed by atoms with E-state index in [1.165, 1.54) is 26.2 Å². The van der Waals surface area contributed by atoms with Crippen LogP contribution in [-0.4, -0.2) is 59.4 Å². The Morgan fingerprint density at radius 2 is 2.00 bits per heavy atom. The van der Waals surface area contributed by atoms with Crippen LogP contribution < -0.4 is 15.0 Å². The van der Waals surface area contributed by atoms with E-state index in [9.17, 15) is 14.0 Å². The molecule has 0 saturated carbocycles. The predicted molar refractivity (Wildman–Crippen MR) is 125 cm³/mol. The van der Waals surface area contributed by atoms with Crippen molar-refractivity contribution in [3.8, 4) is 16.9 Å². The summed E-state index contributed by atoms with van der Waals surface area (Å²) in [6.45, 7) is 6.99. The zero-order chi connectivity index (χ0) is 23.7. The molecule has 0 atom stereocenters. The number of rotatable bonds is 5. The van der Waals surface area contributed by atoms with Crippen LogP contribution in [0, 0.1) is 5.82 Å². The Labute approximate surface area is 195 Å². The molecule has 10 heteroatoms. The van der Waals surface area contributed by atoms with Gasteiger partial charge in [0.05, 0.1) is 17.7 Å². The highest BCUT2D eigenvalue weighted by atomic mass is 35.5. The lowest BCUT2D eigenvalue weighted by atomic mass is 10.0. The normalized spacial score (nSPS) is 13.8. The highest BCUT2D eigenvalue weighted by molar-refractivity contribution is 6.33. The van der Waals surface area contributed by atoms with Crippen LogP contribution in [0.15, 0.2) is 43.1 Å². The minimum atomic E-state index is -0.475. The van der Waals surface area contributed by atoms with E-state index >= 15 is 0 Å². The molecule has 33 heavy (non-hydrogen) atoms. The lowest BCUT2D eigenvalue weighted by Crippen LogP contribution is -2.48. The van der Waals surface area contributed by atoms with Crippen LogP contribution in [0.3, 0.4) is 0 Å².